The third-order valence-electron chi connectivity index (χ3n) is 6.20. The van der Waals surface area contributed by atoms with Crippen LogP contribution in [0.5, 0.6) is 11.5 Å². The molecule has 2 atom stereocenters. The van der Waals surface area contributed by atoms with Crippen LogP contribution in [0.4, 0.5) is 0 Å². The minimum Gasteiger partial charge on any atom is -0.496 e. The molecular weight excluding hydrogens is 452 g/mol. The van der Waals surface area contributed by atoms with Crippen LogP contribution < -0.4 is 14.9 Å². The Morgan fingerprint density at radius 1 is 0.971 bits per heavy atom. The molecule has 1 aromatic heterocycles. The number of carbonyl (C=O) groups excluding carboxylic acids is 2. The van der Waals surface area contributed by atoms with Gasteiger partial charge in [0.2, 0.25) is 5.43 Å². The molecule has 0 fully saturated rings. The zero-order valence-electron chi connectivity index (χ0n) is 20.0. The Morgan fingerprint density at radius 3 is 2.26 bits per heavy atom. The van der Waals surface area contributed by atoms with Gasteiger partial charge >= 0.3 is 11.9 Å². The average molecular weight is 476 g/mol. The summed E-state index contributed by atoms with van der Waals surface area (Å²) in [5.74, 6) is -0.597. The molecule has 0 spiro atoms. The standard InChI is InChI=1S/C27H24O8/c1-13(28)32-25-22-20(35-27(3,4)26(25)33-14(2)29)12-19(31-5)21-23(30)17-10-15-8-6-7-9-16(15)11-18(17)34-24(21)22/h6-12,25-26H,1-5H3/t25-,26-/m1/s1. The number of benzene rings is 3. The largest absolute Gasteiger partial charge is 0.496 e. The van der Waals surface area contributed by atoms with Crippen LogP contribution in [0.25, 0.3) is 32.7 Å². The Morgan fingerprint density at radius 2 is 1.63 bits per heavy atom. The summed E-state index contributed by atoms with van der Waals surface area (Å²) in [4.78, 5) is 37.8. The third kappa shape index (κ3) is 3.65. The minimum absolute atomic E-state index is 0.144. The van der Waals surface area contributed by atoms with Crippen molar-refractivity contribution in [3.63, 3.8) is 0 Å². The van der Waals surface area contributed by atoms with Crippen LogP contribution in [0.2, 0.25) is 0 Å². The Hall–Kier alpha value is -4.07. The number of carbonyl (C=O) groups is 2. The predicted molar refractivity (Wildman–Crippen MR) is 129 cm³/mol. The van der Waals surface area contributed by atoms with Crippen LogP contribution in [0.3, 0.4) is 0 Å². The van der Waals surface area contributed by atoms with Crippen LogP contribution in [-0.4, -0.2) is 30.8 Å². The summed E-state index contributed by atoms with van der Waals surface area (Å²) in [7, 11) is 1.45. The molecule has 35 heavy (non-hydrogen) atoms. The van der Waals surface area contributed by atoms with Gasteiger partial charge in [0.25, 0.3) is 0 Å². The fourth-order valence-electron chi connectivity index (χ4n) is 4.73. The fourth-order valence-corrected chi connectivity index (χ4v) is 4.73. The number of hydrogen-bond acceptors (Lipinski definition) is 8. The molecule has 1 aliphatic rings. The molecule has 5 rings (SSSR count). The molecule has 0 amide bonds. The number of esters is 2. The van der Waals surface area contributed by atoms with E-state index in [-0.39, 0.29) is 22.1 Å². The normalized spacial score (nSPS) is 18.7. The first-order chi connectivity index (χ1) is 16.6. The molecule has 0 saturated carbocycles. The first-order valence-electron chi connectivity index (χ1n) is 11.1. The van der Waals surface area contributed by atoms with E-state index in [0.29, 0.717) is 22.3 Å². The highest BCUT2D eigenvalue weighted by atomic mass is 16.6. The molecule has 0 aliphatic carbocycles. The number of fused-ring (bicyclic) bond motifs is 5. The zero-order chi connectivity index (χ0) is 25.1. The predicted octanol–water partition coefficient (Wildman–Crippen LogP) is 4.81. The van der Waals surface area contributed by atoms with E-state index in [2.05, 4.69) is 0 Å². The van der Waals surface area contributed by atoms with E-state index in [0.717, 1.165) is 10.8 Å². The molecule has 180 valence electrons. The molecule has 3 aromatic carbocycles. The van der Waals surface area contributed by atoms with Gasteiger partial charge in [-0.05, 0) is 36.8 Å². The van der Waals surface area contributed by atoms with Gasteiger partial charge in [-0.1, -0.05) is 24.3 Å². The maximum absolute atomic E-state index is 13.7. The van der Waals surface area contributed by atoms with Crippen molar-refractivity contribution in [3.05, 3.63) is 58.3 Å². The van der Waals surface area contributed by atoms with Gasteiger partial charge in [0, 0.05) is 19.9 Å². The van der Waals surface area contributed by atoms with Crippen molar-refractivity contribution in [1.82, 2.24) is 0 Å². The molecule has 0 radical (unpaired) electrons. The van der Waals surface area contributed by atoms with Crippen molar-refractivity contribution >= 4 is 44.6 Å². The Bertz CT molecular complexity index is 1580. The summed E-state index contributed by atoms with van der Waals surface area (Å²) in [6.07, 6.45) is -2.07. The molecule has 8 heteroatoms. The summed E-state index contributed by atoms with van der Waals surface area (Å²) < 4.78 is 29.3. The molecule has 4 aromatic rings. The Kier molecular flexibility index (Phi) is 5.20. The third-order valence-corrected chi connectivity index (χ3v) is 6.20. The molecular formula is C27H24O8. The maximum atomic E-state index is 13.7. The topological polar surface area (TPSA) is 101 Å². The van der Waals surface area contributed by atoms with Gasteiger partial charge in [0.05, 0.1) is 18.1 Å². The molecule has 1 aliphatic heterocycles. The van der Waals surface area contributed by atoms with Gasteiger partial charge in [0.1, 0.15) is 28.1 Å². The zero-order valence-corrected chi connectivity index (χ0v) is 20.0. The van der Waals surface area contributed by atoms with Gasteiger partial charge in [-0.3, -0.25) is 14.4 Å². The second kappa shape index (κ2) is 8.01. The van der Waals surface area contributed by atoms with Crippen molar-refractivity contribution in [2.24, 2.45) is 0 Å². The van der Waals surface area contributed by atoms with Crippen molar-refractivity contribution in [1.29, 1.82) is 0 Å². The Labute approximate surface area is 200 Å². The van der Waals surface area contributed by atoms with Gasteiger partial charge in [-0.25, -0.2) is 0 Å². The fraction of sp³-hybridized carbons (Fsp3) is 0.296. The lowest BCUT2D eigenvalue weighted by Crippen LogP contribution is -2.52. The van der Waals surface area contributed by atoms with E-state index in [9.17, 15) is 14.4 Å². The SMILES string of the molecule is COc1cc2c(c3oc4cc5ccccc5cc4c(=O)c13)[C@@H](OC(C)=O)[C@@H](OC(C)=O)C(C)(C)O2. The van der Waals surface area contributed by atoms with E-state index in [1.165, 1.54) is 21.0 Å². The quantitative estimate of drug-likeness (QED) is 0.307. The molecule has 2 heterocycles. The van der Waals surface area contributed by atoms with Gasteiger partial charge in [-0.15, -0.1) is 0 Å². The minimum atomic E-state index is -1.08. The summed E-state index contributed by atoms with van der Waals surface area (Å²) in [6.45, 7) is 5.97. The van der Waals surface area contributed by atoms with E-state index in [4.69, 9.17) is 23.4 Å². The molecule has 8 nitrogen and oxygen atoms in total. The summed E-state index contributed by atoms with van der Waals surface area (Å²) >= 11 is 0. The van der Waals surface area contributed by atoms with Gasteiger partial charge in [0.15, 0.2) is 17.8 Å². The maximum Gasteiger partial charge on any atom is 0.303 e. The Balaban J connectivity index is 1.91. The van der Waals surface area contributed by atoms with E-state index in [1.54, 1.807) is 32.0 Å². The highest BCUT2D eigenvalue weighted by molar-refractivity contribution is 6.02. The average Bonchev–Trinajstić information content (AvgIpc) is 2.78. The summed E-state index contributed by atoms with van der Waals surface area (Å²) in [5.41, 5.74) is -0.570. The smallest absolute Gasteiger partial charge is 0.303 e. The summed E-state index contributed by atoms with van der Waals surface area (Å²) in [6, 6.07) is 12.8. The van der Waals surface area contributed by atoms with Gasteiger partial charge < -0.3 is 23.4 Å². The van der Waals surface area contributed by atoms with Crippen LogP contribution in [-0.2, 0) is 19.1 Å². The molecule has 0 bridgehead atoms. The lowest BCUT2D eigenvalue weighted by molar-refractivity contribution is -0.187. The van der Waals surface area contributed by atoms with Crippen molar-refractivity contribution in [2.45, 2.75) is 45.5 Å². The molecule has 0 N–H and O–H groups in total. The first kappa shape index (κ1) is 22.7. The van der Waals surface area contributed by atoms with E-state index < -0.39 is 29.7 Å². The number of ether oxygens (including phenoxy) is 4. The van der Waals surface area contributed by atoms with Crippen molar-refractivity contribution in [2.75, 3.05) is 7.11 Å². The highest BCUT2D eigenvalue weighted by Gasteiger charge is 2.50. The van der Waals surface area contributed by atoms with Crippen LogP contribution >= 0.6 is 0 Å². The second-order valence-corrected chi connectivity index (χ2v) is 9.09. The lowest BCUT2D eigenvalue weighted by Gasteiger charge is -2.43. The van der Waals surface area contributed by atoms with Crippen molar-refractivity contribution in [3.8, 4) is 11.5 Å². The second-order valence-electron chi connectivity index (χ2n) is 9.09. The number of methoxy groups -OCH3 is 1. The van der Waals surface area contributed by atoms with Crippen LogP contribution in [0.15, 0.2) is 51.7 Å². The molecule has 0 saturated heterocycles. The number of rotatable bonds is 3. The van der Waals surface area contributed by atoms with Crippen LogP contribution in [0.1, 0.15) is 39.4 Å². The lowest BCUT2D eigenvalue weighted by atomic mass is 9.86. The van der Waals surface area contributed by atoms with E-state index >= 15 is 0 Å². The number of hydrogen-bond donors (Lipinski definition) is 0. The van der Waals surface area contributed by atoms with E-state index in [1.807, 2.05) is 24.3 Å². The van der Waals surface area contributed by atoms with Gasteiger partial charge in [-0.2, -0.15) is 0 Å². The monoisotopic (exact) mass is 476 g/mol. The summed E-state index contributed by atoms with van der Waals surface area (Å²) in [5, 5.41) is 2.34. The highest BCUT2D eigenvalue weighted by Crippen LogP contribution is 2.49. The first-order valence-corrected chi connectivity index (χ1v) is 11.1. The molecule has 0 unspecified atom stereocenters. The van der Waals surface area contributed by atoms with Crippen LogP contribution in [0, 0.1) is 0 Å². The van der Waals surface area contributed by atoms with Crippen molar-refractivity contribution < 1.29 is 33.0 Å².